The first-order valence-corrected chi connectivity index (χ1v) is 5.97. The van der Waals surface area contributed by atoms with Crippen molar-refractivity contribution in [3.63, 3.8) is 0 Å². The summed E-state index contributed by atoms with van der Waals surface area (Å²) in [4.78, 5) is 15.9. The molecule has 2 heteroatoms. The summed E-state index contributed by atoms with van der Waals surface area (Å²) >= 11 is 0. The first-order chi connectivity index (χ1) is 7.84. The van der Waals surface area contributed by atoms with Gasteiger partial charge in [0, 0.05) is 11.9 Å². The van der Waals surface area contributed by atoms with E-state index in [4.69, 9.17) is 0 Å². The van der Waals surface area contributed by atoms with Gasteiger partial charge in [-0.1, -0.05) is 18.1 Å². The molecule has 1 aromatic rings. The molecule has 0 atom stereocenters. The molecule has 84 valence electrons. The summed E-state index contributed by atoms with van der Waals surface area (Å²) in [6, 6.07) is 5.69. The van der Waals surface area contributed by atoms with Gasteiger partial charge in [0.05, 0.1) is 6.42 Å². The van der Waals surface area contributed by atoms with E-state index in [0.717, 1.165) is 18.5 Å². The average Bonchev–Trinajstić information content (AvgIpc) is 2.31. The van der Waals surface area contributed by atoms with Crippen LogP contribution in [0.2, 0.25) is 0 Å². The molecule has 2 rings (SSSR count). The first kappa shape index (κ1) is 11.1. The Balaban J connectivity index is 1.93. The number of rotatable bonds is 3. The van der Waals surface area contributed by atoms with E-state index < -0.39 is 0 Å². The van der Waals surface area contributed by atoms with Gasteiger partial charge < -0.3 is 0 Å². The van der Waals surface area contributed by atoms with Crippen LogP contribution in [0.25, 0.3) is 0 Å². The van der Waals surface area contributed by atoms with Gasteiger partial charge in [-0.05, 0) is 43.9 Å². The molecular formula is C14H17NO. The van der Waals surface area contributed by atoms with Gasteiger partial charge in [0.1, 0.15) is 0 Å². The molecule has 1 fully saturated rings. The van der Waals surface area contributed by atoms with Gasteiger partial charge >= 0.3 is 0 Å². The normalized spacial score (nSPS) is 15.9. The molecule has 0 saturated heterocycles. The van der Waals surface area contributed by atoms with Crippen LogP contribution in [0.3, 0.4) is 0 Å². The van der Waals surface area contributed by atoms with Crippen LogP contribution in [0.4, 0.5) is 0 Å². The van der Waals surface area contributed by atoms with E-state index in [1.54, 1.807) is 6.20 Å². The number of aromatic nitrogens is 1. The molecule has 1 aliphatic carbocycles. The Morgan fingerprint density at radius 2 is 2.06 bits per heavy atom. The number of carbonyl (C=O) groups is 1. The zero-order valence-corrected chi connectivity index (χ0v) is 9.48. The maximum absolute atomic E-state index is 11.8. The van der Waals surface area contributed by atoms with Crippen molar-refractivity contribution in [2.24, 2.45) is 0 Å². The van der Waals surface area contributed by atoms with E-state index in [9.17, 15) is 4.79 Å². The van der Waals surface area contributed by atoms with Gasteiger partial charge in [0.15, 0.2) is 5.78 Å². The number of carbonyl (C=O) groups excluding carboxylic acids is 1. The lowest BCUT2D eigenvalue weighted by molar-refractivity contribution is -0.114. The van der Waals surface area contributed by atoms with Crippen molar-refractivity contribution in [1.29, 1.82) is 0 Å². The molecule has 1 saturated carbocycles. The van der Waals surface area contributed by atoms with Gasteiger partial charge in [0.25, 0.3) is 0 Å². The molecule has 1 aromatic heterocycles. The molecule has 0 N–H and O–H groups in total. The van der Waals surface area contributed by atoms with E-state index in [1.807, 2.05) is 24.3 Å². The Labute approximate surface area is 96.4 Å². The van der Waals surface area contributed by atoms with Gasteiger partial charge in [-0.15, -0.1) is 0 Å². The number of hydrogen-bond acceptors (Lipinski definition) is 2. The van der Waals surface area contributed by atoms with Crippen LogP contribution in [0.15, 0.2) is 36.0 Å². The Morgan fingerprint density at radius 1 is 1.25 bits per heavy atom. The lowest BCUT2D eigenvalue weighted by atomic mass is 9.93. The second-order valence-corrected chi connectivity index (χ2v) is 4.33. The van der Waals surface area contributed by atoms with Crippen LogP contribution in [0.1, 0.15) is 37.8 Å². The molecule has 0 bridgehead atoms. The number of ketones is 1. The van der Waals surface area contributed by atoms with Crippen LogP contribution < -0.4 is 0 Å². The van der Waals surface area contributed by atoms with E-state index >= 15 is 0 Å². The largest absolute Gasteiger partial charge is 0.294 e. The second-order valence-electron chi connectivity index (χ2n) is 4.33. The molecule has 0 radical (unpaired) electrons. The monoisotopic (exact) mass is 215 g/mol. The predicted octanol–water partition coefficient (Wildman–Crippen LogP) is 3.08. The quantitative estimate of drug-likeness (QED) is 0.725. The van der Waals surface area contributed by atoms with Gasteiger partial charge in [-0.2, -0.15) is 0 Å². The van der Waals surface area contributed by atoms with Crippen molar-refractivity contribution in [1.82, 2.24) is 4.98 Å². The molecule has 0 unspecified atom stereocenters. The summed E-state index contributed by atoms with van der Waals surface area (Å²) in [7, 11) is 0. The molecule has 0 spiro atoms. The number of pyridine rings is 1. The highest BCUT2D eigenvalue weighted by molar-refractivity contribution is 5.91. The SMILES string of the molecule is O=C(C=C1CCCCC1)Cc1ccccn1. The molecule has 1 aliphatic rings. The molecule has 16 heavy (non-hydrogen) atoms. The summed E-state index contributed by atoms with van der Waals surface area (Å²) in [5, 5.41) is 0. The van der Waals surface area contributed by atoms with Crippen LogP contribution in [0.5, 0.6) is 0 Å². The van der Waals surface area contributed by atoms with E-state index in [1.165, 1.54) is 24.8 Å². The zero-order valence-electron chi connectivity index (χ0n) is 9.48. The Morgan fingerprint density at radius 3 is 2.75 bits per heavy atom. The van der Waals surface area contributed by atoms with Crippen molar-refractivity contribution < 1.29 is 4.79 Å². The highest BCUT2D eigenvalue weighted by Gasteiger charge is 2.08. The predicted molar refractivity (Wildman–Crippen MR) is 64.1 cm³/mol. The van der Waals surface area contributed by atoms with Crippen LogP contribution in [-0.2, 0) is 11.2 Å². The number of hydrogen-bond donors (Lipinski definition) is 0. The van der Waals surface area contributed by atoms with Crippen LogP contribution >= 0.6 is 0 Å². The minimum atomic E-state index is 0.190. The van der Waals surface area contributed by atoms with Gasteiger partial charge in [-0.3, -0.25) is 9.78 Å². The summed E-state index contributed by atoms with van der Waals surface area (Å²) in [5.74, 6) is 0.190. The highest BCUT2D eigenvalue weighted by atomic mass is 16.1. The van der Waals surface area contributed by atoms with Crippen molar-refractivity contribution in [3.8, 4) is 0 Å². The van der Waals surface area contributed by atoms with E-state index in [-0.39, 0.29) is 5.78 Å². The third-order valence-electron chi connectivity index (χ3n) is 2.94. The van der Waals surface area contributed by atoms with Crippen LogP contribution in [-0.4, -0.2) is 10.8 Å². The standard InChI is InChI=1S/C14H17NO/c16-14(10-12-6-2-1-3-7-12)11-13-8-4-5-9-15-13/h4-5,8-10H,1-3,6-7,11H2. The topological polar surface area (TPSA) is 30.0 Å². The fourth-order valence-corrected chi connectivity index (χ4v) is 2.11. The fraction of sp³-hybridized carbons (Fsp3) is 0.429. The Hall–Kier alpha value is -1.44. The minimum Gasteiger partial charge on any atom is -0.294 e. The van der Waals surface area contributed by atoms with Crippen molar-refractivity contribution in [2.45, 2.75) is 38.5 Å². The molecule has 1 heterocycles. The van der Waals surface area contributed by atoms with Crippen molar-refractivity contribution in [3.05, 3.63) is 41.7 Å². The molecule has 0 amide bonds. The molecule has 2 nitrogen and oxygen atoms in total. The van der Waals surface area contributed by atoms with Crippen molar-refractivity contribution in [2.75, 3.05) is 0 Å². The lowest BCUT2D eigenvalue weighted by Crippen LogP contribution is -2.03. The summed E-state index contributed by atoms with van der Waals surface area (Å²) in [6.07, 6.45) is 10.0. The van der Waals surface area contributed by atoms with E-state index in [2.05, 4.69) is 4.98 Å². The Bertz CT molecular complexity index is 373. The number of nitrogens with zero attached hydrogens (tertiary/aromatic N) is 1. The average molecular weight is 215 g/mol. The summed E-state index contributed by atoms with van der Waals surface area (Å²) in [6.45, 7) is 0. The van der Waals surface area contributed by atoms with Crippen molar-refractivity contribution >= 4 is 5.78 Å². The molecule has 0 aromatic carbocycles. The lowest BCUT2D eigenvalue weighted by Gasteiger charge is -2.12. The van der Waals surface area contributed by atoms with Gasteiger partial charge in [0.2, 0.25) is 0 Å². The fourth-order valence-electron chi connectivity index (χ4n) is 2.11. The third kappa shape index (κ3) is 3.30. The summed E-state index contributed by atoms with van der Waals surface area (Å²) in [5.41, 5.74) is 2.19. The third-order valence-corrected chi connectivity index (χ3v) is 2.94. The summed E-state index contributed by atoms with van der Waals surface area (Å²) < 4.78 is 0. The zero-order chi connectivity index (χ0) is 11.2. The van der Waals surface area contributed by atoms with E-state index in [0.29, 0.717) is 6.42 Å². The maximum atomic E-state index is 11.8. The Kier molecular flexibility index (Phi) is 3.86. The minimum absolute atomic E-state index is 0.190. The molecule has 0 aliphatic heterocycles. The second kappa shape index (κ2) is 5.59. The smallest absolute Gasteiger partial charge is 0.161 e. The number of allylic oxidation sites excluding steroid dienone is 2. The van der Waals surface area contributed by atoms with Crippen LogP contribution in [0, 0.1) is 0 Å². The highest BCUT2D eigenvalue weighted by Crippen LogP contribution is 2.22. The molecular weight excluding hydrogens is 198 g/mol. The maximum Gasteiger partial charge on any atom is 0.161 e. The van der Waals surface area contributed by atoms with Gasteiger partial charge in [-0.25, -0.2) is 0 Å². The first-order valence-electron chi connectivity index (χ1n) is 5.97.